The Bertz CT molecular complexity index is 536. The molecule has 7 nitrogen and oxygen atoms in total. The lowest BCUT2D eigenvalue weighted by molar-refractivity contribution is -0.385. The highest BCUT2D eigenvalue weighted by molar-refractivity contribution is 5.79. The molecule has 0 aromatic heterocycles. The Hall–Kier alpha value is -2.29. The fourth-order valence-electron chi connectivity index (χ4n) is 1.45. The average molecular weight is 290 g/mol. The molecule has 0 aliphatic rings. The van der Waals surface area contributed by atoms with E-state index in [0.717, 1.165) is 12.1 Å². The molecule has 0 fully saturated rings. The van der Waals surface area contributed by atoms with Crippen molar-refractivity contribution in [3.05, 3.63) is 33.9 Å². The summed E-state index contributed by atoms with van der Waals surface area (Å²) < 4.78 is 31.6. The highest BCUT2D eigenvalue weighted by atomic mass is 19.3. The summed E-state index contributed by atoms with van der Waals surface area (Å²) in [6.07, 6.45) is 0. The molecule has 9 heteroatoms. The standard InChI is InChI=1S/C11H12F2N2O5/c1-2-20-10(17)11(12,13)9(14)7-5-6(15(18)19)3-4-8(7)16/h3-5,9,16H,2,14H2,1H3/t9-/m1/s1. The third-order valence-corrected chi connectivity index (χ3v) is 2.50. The number of nitro groups is 1. The van der Waals surface area contributed by atoms with Crippen LogP contribution in [-0.4, -0.2) is 28.5 Å². The number of carbonyl (C=O) groups excluding carboxylic acids is 1. The van der Waals surface area contributed by atoms with Crippen LogP contribution in [0.25, 0.3) is 0 Å². The maximum Gasteiger partial charge on any atom is 0.379 e. The number of non-ortho nitro benzene ring substituents is 1. The van der Waals surface area contributed by atoms with Gasteiger partial charge in [0.05, 0.1) is 11.5 Å². The van der Waals surface area contributed by atoms with Crippen molar-refractivity contribution < 1.29 is 28.3 Å². The predicted molar refractivity (Wildman–Crippen MR) is 63.3 cm³/mol. The highest BCUT2D eigenvalue weighted by Crippen LogP contribution is 2.36. The summed E-state index contributed by atoms with van der Waals surface area (Å²) >= 11 is 0. The van der Waals surface area contributed by atoms with Crippen molar-refractivity contribution >= 4 is 11.7 Å². The Balaban J connectivity index is 3.19. The van der Waals surface area contributed by atoms with Gasteiger partial charge in [-0.05, 0) is 13.0 Å². The number of hydrogen-bond acceptors (Lipinski definition) is 6. The first-order valence-corrected chi connectivity index (χ1v) is 5.49. The maximum atomic E-state index is 13.7. The SMILES string of the molecule is CCOC(=O)C(F)(F)[C@H](N)c1cc([N+](=O)[O-])ccc1O. The smallest absolute Gasteiger partial charge is 0.379 e. The van der Waals surface area contributed by atoms with Crippen LogP contribution in [0.1, 0.15) is 18.5 Å². The molecule has 0 heterocycles. The number of phenolic OH excluding ortho intramolecular Hbond substituents is 1. The van der Waals surface area contributed by atoms with E-state index < -0.39 is 39.9 Å². The number of halogens is 2. The quantitative estimate of drug-likeness (QED) is 0.482. The van der Waals surface area contributed by atoms with Crippen LogP contribution < -0.4 is 5.73 Å². The monoisotopic (exact) mass is 290 g/mol. The van der Waals surface area contributed by atoms with E-state index in [0.29, 0.717) is 6.07 Å². The maximum absolute atomic E-state index is 13.7. The Morgan fingerprint density at radius 2 is 2.20 bits per heavy atom. The van der Waals surface area contributed by atoms with Crippen LogP contribution in [0.5, 0.6) is 5.75 Å². The fraction of sp³-hybridized carbons (Fsp3) is 0.364. The van der Waals surface area contributed by atoms with Gasteiger partial charge in [0.2, 0.25) is 0 Å². The molecule has 0 saturated heterocycles. The van der Waals surface area contributed by atoms with Crippen molar-refractivity contribution in [2.24, 2.45) is 5.73 Å². The van der Waals surface area contributed by atoms with Crippen LogP contribution in [0, 0.1) is 10.1 Å². The topological polar surface area (TPSA) is 116 Å². The van der Waals surface area contributed by atoms with Gasteiger partial charge in [0.1, 0.15) is 11.8 Å². The number of alkyl halides is 2. The van der Waals surface area contributed by atoms with Gasteiger partial charge in [0.25, 0.3) is 5.69 Å². The van der Waals surface area contributed by atoms with Crippen LogP contribution in [0.4, 0.5) is 14.5 Å². The van der Waals surface area contributed by atoms with Crippen LogP contribution in [0.2, 0.25) is 0 Å². The van der Waals surface area contributed by atoms with E-state index in [1.165, 1.54) is 6.92 Å². The number of rotatable bonds is 5. The molecule has 0 aliphatic heterocycles. The zero-order valence-electron chi connectivity index (χ0n) is 10.4. The Morgan fingerprint density at radius 1 is 1.60 bits per heavy atom. The number of nitrogens with two attached hydrogens (primary N) is 1. The van der Waals surface area contributed by atoms with E-state index in [9.17, 15) is 28.8 Å². The van der Waals surface area contributed by atoms with E-state index >= 15 is 0 Å². The van der Waals surface area contributed by atoms with Crippen molar-refractivity contribution in [1.29, 1.82) is 0 Å². The lowest BCUT2D eigenvalue weighted by Gasteiger charge is -2.22. The van der Waals surface area contributed by atoms with Crippen LogP contribution in [0.15, 0.2) is 18.2 Å². The molecule has 1 atom stereocenters. The molecule has 0 aliphatic carbocycles. The molecule has 0 amide bonds. The minimum atomic E-state index is -4.12. The number of benzene rings is 1. The first-order valence-electron chi connectivity index (χ1n) is 5.49. The summed E-state index contributed by atoms with van der Waals surface area (Å²) in [4.78, 5) is 20.9. The van der Waals surface area contributed by atoms with Gasteiger partial charge >= 0.3 is 11.9 Å². The predicted octanol–water partition coefficient (Wildman–Crippen LogP) is 1.50. The summed E-state index contributed by atoms with van der Waals surface area (Å²) in [6, 6.07) is 0.205. The average Bonchev–Trinajstić information content (AvgIpc) is 2.38. The van der Waals surface area contributed by atoms with Crippen molar-refractivity contribution in [2.75, 3.05) is 6.61 Å². The van der Waals surface area contributed by atoms with Gasteiger partial charge in [0, 0.05) is 17.7 Å². The van der Waals surface area contributed by atoms with Crippen LogP contribution in [0.3, 0.4) is 0 Å². The molecule has 0 spiro atoms. The Labute approximate surface area is 112 Å². The molecule has 0 saturated carbocycles. The minimum absolute atomic E-state index is 0.276. The van der Waals surface area contributed by atoms with Gasteiger partial charge in [0.15, 0.2) is 0 Å². The van der Waals surface area contributed by atoms with E-state index in [1.54, 1.807) is 0 Å². The van der Waals surface area contributed by atoms with E-state index in [1.807, 2.05) is 0 Å². The van der Waals surface area contributed by atoms with Gasteiger partial charge in [-0.1, -0.05) is 0 Å². The van der Waals surface area contributed by atoms with Crippen LogP contribution >= 0.6 is 0 Å². The van der Waals surface area contributed by atoms with Gasteiger partial charge in [-0.25, -0.2) is 4.79 Å². The van der Waals surface area contributed by atoms with Gasteiger partial charge in [-0.3, -0.25) is 10.1 Å². The molecule has 1 aromatic rings. The van der Waals surface area contributed by atoms with Gasteiger partial charge in [-0.2, -0.15) is 8.78 Å². The van der Waals surface area contributed by atoms with E-state index in [4.69, 9.17) is 5.73 Å². The molecule has 3 N–H and O–H groups in total. The fourth-order valence-corrected chi connectivity index (χ4v) is 1.45. The largest absolute Gasteiger partial charge is 0.508 e. The normalized spacial score (nSPS) is 12.8. The first kappa shape index (κ1) is 15.8. The summed E-state index contributed by atoms with van der Waals surface area (Å²) in [6.45, 7) is 1.06. The molecular weight excluding hydrogens is 278 g/mol. The number of esters is 1. The number of phenols is 1. The zero-order valence-corrected chi connectivity index (χ0v) is 10.4. The van der Waals surface area contributed by atoms with Crippen molar-refractivity contribution in [1.82, 2.24) is 0 Å². The lowest BCUT2D eigenvalue weighted by Crippen LogP contribution is -2.41. The molecular formula is C11H12F2N2O5. The van der Waals surface area contributed by atoms with Gasteiger partial charge < -0.3 is 15.6 Å². The third kappa shape index (κ3) is 2.99. The number of nitro benzene ring substituents is 1. The minimum Gasteiger partial charge on any atom is -0.508 e. The summed E-state index contributed by atoms with van der Waals surface area (Å²) in [5, 5.41) is 20.1. The highest BCUT2D eigenvalue weighted by Gasteiger charge is 2.48. The van der Waals surface area contributed by atoms with Crippen molar-refractivity contribution in [3.8, 4) is 5.75 Å². The number of aromatic hydroxyl groups is 1. The van der Waals surface area contributed by atoms with E-state index in [2.05, 4.69) is 4.74 Å². The molecule has 0 radical (unpaired) electrons. The molecule has 0 bridgehead atoms. The Kier molecular flexibility index (Phi) is 4.56. The summed E-state index contributed by atoms with van der Waals surface area (Å²) in [5.74, 6) is -6.66. The number of hydrogen-bond donors (Lipinski definition) is 2. The second kappa shape index (κ2) is 5.78. The molecule has 0 unspecified atom stereocenters. The summed E-state index contributed by atoms with van der Waals surface area (Å²) in [5.41, 5.74) is 4.09. The van der Waals surface area contributed by atoms with Gasteiger partial charge in [-0.15, -0.1) is 0 Å². The Morgan fingerprint density at radius 3 is 2.70 bits per heavy atom. The molecule has 20 heavy (non-hydrogen) atoms. The van der Waals surface area contributed by atoms with E-state index in [-0.39, 0.29) is 6.61 Å². The second-order valence-corrected chi connectivity index (χ2v) is 3.82. The second-order valence-electron chi connectivity index (χ2n) is 3.82. The summed E-state index contributed by atoms with van der Waals surface area (Å²) in [7, 11) is 0. The molecule has 110 valence electrons. The zero-order chi connectivity index (χ0) is 15.5. The number of carbonyl (C=O) groups is 1. The third-order valence-electron chi connectivity index (χ3n) is 2.50. The van der Waals surface area contributed by atoms with Crippen LogP contribution in [-0.2, 0) is 9.53 Å². The lowest BCUT2D eigenvalue weighted by atomic mass is 10.00. The molecule has 1 rings (SSSR count). The number of ether oxygens (including phenoxy) is 1. The molecule has 1 aromatic carbocycles. The van der Waals surface area contributed by atoms with Crippen molar-refractivity contribution in [3.63, 3.8) is 0 Å². The number of nitrogens with zero attached hydrogens (tertiary/aromatic N) is 1. The van der Waals surface area contributed by atoms with Crippen molar-refractivity contribution in [2.45, 2.75) is 18.9 Å². The first-order chi connectivity index (χ1) is 9.21.